The van der Waals surface area contributed by atoms with Gasteiger partial charge in [0.05, 0.1) is 4.75 Å². The van der Waals surface area contributed by atoms with Crippen molar-refractivity contribution in [2.45, 2.75) is 25.1 Å². The summed E-state index contributed by atoms with van der Waals surface area (Å²) in [7, 11) is -1.49. The molecule has 0 saturated heterocycles. The molecular weight excluding hydrogens is 437 g/mol. The Balaban J connectivity index is 0.00000441. The van der Waals surface area contributed by atoms with Gasteiger partial charge in [-0.05, 0) is 31.5 Å². The largest absolute Gasteiger partial charge is 0.355 e. The number of hydrogen-bond acceptors (Lipinski definition) is 3. The van der Waals surface area contributed by atoms with Gasteiger partial charge >= 0.3 is 0 Å². The molecule has 0 fully saturated rings. The molecule has 1 rings (SSSR count). The quantitative estimate of drug-likeness (QED) is 0.403. The zero-order chi connectivity index (χ0) is 16.1. The van der Waals surface area contributed by atoms with Crippen molar-refractivity contribution in [1.82, 2.24) is 10.6 Å². The van der Waals surface area contributed by atoms with Crippen LogP contribution in [0.15, 0.2) is 29.3 Å². The number of rotatable bonds is 5. The maximum atomic E-state index is 11.7. The molecule has 0 aliphatic carbocycles. The Morgan fingerprint density at radius 3 is 2.23 bits per heavy atom. The second-order valence-corrected chi connectivity index (χ2v) is 8.52. The van der Waals surface area contributed by atoms with E-state index in [1.165, 1.54) is 6.26 Å². The van der Waals surface area contributed by atoms with Crippen LogP contribution in [0.25, 0.3) is 0 Å². The average molecular weight is 460 g/mol. The predicted molar refractivity (Wildman–Crippen MR) is 104 cm³/mol. The normalized spacial score (nSPS) is 12.5. The summed E-state index contributed by atoms with van der Waals surface area (Å²) in [5.41, 5.74) is 1.06. The molecule has 8 heteroatoms. The zero-order valence-corrected chi connectivity index (χ0v) is 17.1. The summed E-state index contributed by atoms with van der Waals surface area (Å²) < 4.78 is 22.4. The van der Waals surface area contributed by atoms with Crippen molar-refractivity contribution in [2.24, 2.45) is 4.99 Å². The Morgan fingerprint density at radius 2 is 1.77 bits per heavy atom. The van der Waals surface area contributed by atoms with E-state index in [1.807, 2.05) is 24.3 Å². The molecule has 0 aliphatic rings. The molecule has 0 bridgehead atoms. The lowest BCUT2D eigenvalue weighted by Crippen LogP contribution is -2.47. The van der Waals surface area contributed by atoms with Crippen LogP contribution in [0.5, 0.6) is 0 Å². The summed E-state index contributed by atoms with van der Waals surface area (Å²) in [6.45, 7) is 4.23. The topological polar surface area (TPSA) is 70.6 Å². The lowest BCUT2D eigenvalue weighted by molar-refractivity contribution is 0.544. The highest BCUT2D eigenvalue weighted by atomic mass is 127. The summed E-state index contributed by atoms with van der Waals surface area (Å²) in [6, 6.07) is 7.48. The minimum Gasteiger partial charge on any atom is -0.355 e. The van der Waals surface area contributed by atoms with Gasteiger partial charge in [-0.1, -0.05) is 23.7 Å². The summed E-state index contributed by atoms with van der Waals surface area (Å²) in [5, 5.41) is 6.85. The summed E-state index contributed by atoms with van der Waals surface area (Å²) in [6.07, 6.45) is 1.23. The number of halogens is 2. The van der Waals surface area contributed by atoms with Gasteiger partial charge in [0.2, 0.25) is 0 Å². The second kappa shape index (κ2) is 8.93. The van der Waals surface area contributed by atoms with Gasteiger partial charge in [-0.15, -0.1) is 24.0 Å². The van der Waals surface area contributed by atoms with Crippen LogP contribution >= 0.6 is 35.6 Å². The van der Waals surface area contributed by atoms with Gasteiger partial charge in [-0.2, -0.15) is 0 Å². The molecule has 5 nitrogen and oxygen atoms in total. The van der Waals surface area contributed by atoms with E-state index in [0.29, 0.717) is 17.5 Å². The van der Waals surface area contributed by atoms with Crippen LogP contribution in [-0.4, -0.2) is 39.0 Å². The molecule has 1 aromatic rings. The van der Waals surface area contributed by atoms with Gasteiger partial charge in [-0.3, -0.25) is 4.99 Å². The molecule has 0 heterocycles. The third-order valence-corrected chi connectivity index (χ3v) is 5.69. The van der Waals surface area contributed by atoms with Crippen LogP contribution in [0.3, 0.4) is 0 Å². The Kier molecular flexibility index (Phi) is 8.71. The lowest BCUT2D eigenvalue weighted by atomic mass is 10.2. The molecule has 0 aliphatic heterocycles. The second-order valence-electron chi connectivity index (χ2n) is 5.44. The van der Waals surface area contributed by atoms with Crippen LogP contribution < -0.4 is 10.6 Å². The monoisotopic (exact) mass is 459 g/mol. The van der Waals surface area contributed by atoms with Crippen LogP contribution in [0.4, 0.5) is 0 Å². The van der Waals surface area contributed by atoms with Crippen LogP contribution in [0.2, 0.25) is 5.02 Å². The van der Waals surface area contributed by atoms with Crippen molar-refractivity contribution in [3.63, 3.8) is 0 Å². The molecule has 126 valence electrons. The van der Waals surface area contributed by atoms with Crippen LogP contribution in [-0.2, 0) is 16.4 Å². The van der Waals surface area contributed by atoms with E-state index >= 15 is 0 Å². The molecular formula is C14H23ClIN3O2S. The predicted octanol–water partition coefficient (Wildman–Crippen LogP) is 2.45. The van der Waals surface area contributed by atoms with E-state index in [4.69, 9.17) is 11.6 Å². The first kappa shape index (κ1) is 21.5. The van der Waals surface area contributed by atoms with Crippen molar-refractivity contribution in [3.8, 4) is 0 Å². The van der Waals surface area contributed by atoms with Gasteiger partial charge in [0, 0.05) is 31.4 Å². The van der Waals surface area contributed by atoms with Crippen LogP contribution in [0.1, 0.15) is 19.4 Å². The molecule has 0 saturated carbocycles. The molecule has 0 spiro atoms. The highest BCUT2D eigenvalue weighted by Gasteiger charge is 2.30. The summed E-state index contributed by atoms with van der Waals surface area (Å²) >= 11 is 5.83. The first-order valence-corrected chi connectivity index (χ1v) is 8.81. The smallest absolute Gasteiger partial charge is 0.191 e. The maximum Gasteiger partial charge on any atom is 0.191 e. The fourth-order valence-electron chi connectivity index (χ4n) is 1.44. The van der Waals surface area contributed by atoms with Crippen molar-refractivity contribution in [2.75, 3.05) is 19.8 Å². The molecule has 22 heavy (non-hydrogen) atoms. The number of hydrogen-bond donors (Lipinski definition) is 2. The van der Waals surface area contributed by atoms with Gasteiger partial charge in [0.15, 0.2) is 15.8 Å². The number of benzene rings is 1. The van der Waals surface area contributed by atoms with E-state index in [1.54, 1.807) is 20.9 Å². The van der Waals surface area contributed by atoms with Crippen LogP contribution in [0, 0.1) is 0 Å². The zero-order valence-electron chi connectivity index (χ0n) is 13.2. The van der Waals surface area contributed by atoms with Crippen molar-refractivity contribution >= 4 is 51.4 Å². The third kappa shape index (κ3) is 6.70. The number of nitrogens with zero attached hydrogens (tertiary/aromatic N) is 1. The third-order valence-electron chi connectivity index (χ3n) is 3.28. The van der Waals surface area contributed by atoms with E-state index in [2.05, 4.69) is 15.6 Å². The number of guanidine groups is 1. The van der Waals surface area contributed by atoms with E-state index in [0.717, 1.165) is 5.56 Å². The minimum absolute atomic E-state index is 0. The Morgan fingerprint density at radius 1 is 1.23 bits per heavy atom. The fourth-order valence-corrected chi connectivity index (χ4v) is 1.90. The number of aliphatic imine (C=N–C) groups is 1. The SMILES string of the molecule is CN=C(NCc1ccc(Cl)cc1)NCC(C)(C)S(C)(=O)=O.I. The Labute approximate surface area is 154 Å². The van der Waals surface area contributed by atoms with Gasteiger partial charge in [0.1, 0.15) is 0 Å². The van der Waals surface area contributed by atoms with E-state index in [-0.39, 0.29) is 30.5 Å². The first-order valence-electron chi connectivity index (χ1n) is 6.54. The molecule has 0 aromatic heterocycles. The molecule has 0 radical (unpaired) electrons. The van der Waals surface area contributed by atoms with Gasteiger partial charge in [0.25, 0.3) is 0 Å². The maximum absolute atomic E-state index is 11.7. The standard InChI is InChI=1S/C14H22ClN3O2S.HI/c1-14(2,21(4,19)20)10-18-13(16-3)17-9-11-5-7-12(15)8-6-11;/h5-8H,9-10H2,1-4H3,(H2,16,17,18);1H. The number of nitrogens with one attached hydrogen (secondary N) is 2. The first-order chi connectivity index (χ1) is 9.65. The van der Waals surface area contributed by atoms with E-state index in [9.17, 15) is 8.42 Å². The van der Waals surface area contributed by atoms with Gasteiger partial charge < -0.3 is 10.6 Å². The van der Waals surface area contributed by atoms with E-state index < -0.39 is 14.6 Å². The van der Waals surface area contributed by atoms with Gasteiger partial charge in [-0.25, -0.2) is 8.42 Å². The molecule has 0 unspecified atom stereocenters. The minimum atomic E-state index is -3.14. The van der Waals surface area contributed by atoms with Crippen molar-refractivity contribution in [3.05, 3.63) is 34.9 Å². The average Bonchev–Trinajstić information content (AvgIpc) is 2.39. The van der Waals surface area contributed by atoms with Crippen molar-refractivity contribution in [1.29, 1.82) is 0 Å². The number of sulfone groups is 1. The molecule has 2 N–H and O–H groups in total. The summed E-state index contributed by atoms with van der Waals surface area (Å²) in [5.74, 6) is 0.557. The highest BCUT2D eigenvalue weighted by Crippen LogP contribution is 2.13. The Bertz CT molecular complexity index is 601. The van der Waals surface area contributed by atoms with Crippen molar-refractivity contribution < 1.29 is 8.42 Å². The lowest BCUT2D eigenvalue weighted by Gasteiger charge is -2.24. The molecule has 1 aromatic carbocycles. The Hall–Kier alpha value is -0.540. The fraction of sp³-hybridized carbons (Fsp3) is 0.500. The highest BCUT2D eigenvalue weighted by molar-refractivity contribution is 14.0. The molecule has 0 atom stereocenters. The summed E-state index contributed by atoms with van der Waals surface area (Å²) in [4.78, 5) is 4.08. The molecule has 0 amide bonds.